The third-order valence-corrected chi connectivity index (χ3v) is 6.99. The predicted molar refractivity (Wildman–Crippen MR) is 121 cm³/mol. The molecule has 4 aromatic rings. The van der Waals surface area contributed by atoms with Gasteiger partial charge in [0.05, 0.1) is 0 Å². The molecule has 1 unspecified atom stereocenters. The first-order valence-electron chi connectivity index (χ1n) is 10.7. The molecule has 6 rings (SSSR count). The molecule has 140 valence electrons. The average molecular weight is 373 g/mol. The maximum atomic E-state index is 2.35. The van der Waals surface area contributed by atoms with Gasteiger partial charge in [0.25, 0.3) is 0 Å². The quantitative estimate of drug-likeness (QED) is 0.345. The van der Waals surface area contributed by atoms with Crippen LogP contribution >= 0.6 is 0 Å². The van der Waals surface area contributed by atoms with Crippen molar-refractivity contribution in [2.24, 2.45) is 0 Å². The summed E-state index contributed by atoms with van der Waals surface area (Å²) < 4.78 is 0. The first-order valence-corrected chi connectivity index (χ1v) is 10.7. The van der Waals surface area contributed by atoms with Gasteiger partial charge in [0.2, 0.25) is 0 Å². The highest BCUT2D eigenvalue weighted by Crippen LogP contribution is 2.51. The molecule has 0 spiro atoms. The zero-order chi connectivity index (χ0) is 19.4. The van der Waals surface area contributed by atoms with E-state index in [1.807, 2.05) is 0 Å². The highest BCUT2D eigenvalue weighted by molar-refractivity contribution is 5.81. The Hall–Kier alpha value is -3.12. The van der Waals surface area contributed by atoms with Crippen LogP contribution in [0.3, 0.4) is 0 Å². The highest BCUT2D eigenvalue weighted by atomic mass is 14.4. The van der Waals surface area contributed by atoms with E-state index >= 15 is 0 Å². The normalized spacial score (nSPS) is 16.2. The minimum Gasteiger partial charge on any atom is -0.0619 e. The van der Waals surface area contributed by atoms with E-state index in [-0.39, 0.29) is 0 Å². The van der Waals surface area contributed by atoms with E-state index in [0.717, 1.165) is 0 Å². The van der Waals surface area contributed by atoms with Gasteiger partial charge < -0.3 is 0 Å². The van der Waals surface area contributed by atoms with Gasteiger partial charge >= 0.3 is 0 Å². The summed E-state index contributed by atoms with van der Waals surface area (Å²) in [6.07, 6.45) is 2.36. The van der Waals surface area contributed by atoms with Crippen molar-refractivity contribution in [3.8, 4) is 22.3 Å². The van der Waals surface area contributed by atoms with E-state index in [9.17, 15) is 0 Å². The molecule has 0 aromatic heterocycles. The van der Waals surface area contributed by atoms with Crippen LogP contribution in [0.25, 0.3) is 22.3 Å². The van der Waals surface area contributed by atoms with Crippen molar-refractivity contribution < 1.29 is 0 Å². The van der Waals surface area contributed by atoms with E-state index in [0.29, 0.717) is 11.8 Å². The molecular formula is C29H24. The molecule has 4 aromatic carbocycles. The molecule has 0 nitrogen and oxygen atoms in total. The topological polar surface area (TPSA) is 0 Å². The van der Waals surface area contributed by atoms with Gasteiger partial charge in [-0.25, -0.2) is 0 Å². The zero-order valence-corrected chi connectivity index (χ0v) is 16.7. The lowest BCUT2D eigenvalue weighted by atomic mass is 9.85. The van der Waals surface area contributed by atoms with Crippen LogP contribution in [-0.2, 0) is 0 Å². The molecule has 0 heteroatoms. The second-order valence-electron chi connectivity index (χ2n) is 8.48. The molecule has 29 heavy (non-hydrogen) atoms. The van der Waals surface area contributed by atoms with Crippen LogP contribution in [0.15, 0.2) is 91.0 Å². The predicted octanol–water partition coefficient (Wildman–Crippen LogP) is 7.70. The first-order chi connectivity index (χ1) is 14.3. The molecule has 0 fully saturated rings. The Balaban J connectivity index is 1.39. The average Bonchev–Trinajstić information content (AvgIpc) is 3.26. The van der Waals surface area contributed by atoms with Gasteiger partial charge in [-0.2, -0.15) is 0 Å². The monoisotopic (exact) mass is 372 g/mol. The van der Waals surface area contributed by atoms with E-state index in [4.69, 9.17) is 0 Å². The number of aryl methyl sites for hydroxylation is 1. The van der Waals surface area contributed by atoms with Crippen LogP contribution in [-0.4, -0.2) is 0 Å². The largest absolute Gasteiger partial charge is 0.0619 e. The number of fused-ring (bicyclic) bond motifs is 6. The Morgan fingerprint density at radius 3 is 1.55 bits per heavy atom. The van der Waals surface area contributed by atoms with Crippen LogP contribution < -0.4 is 0 Å². The van der Waals surface area contributed by atoms with Gasteiger partial charge in [0, 0.05) is 11.8 Å². The van der Waals surface area contributed by atoms with E-state index in [2.05, 4.69) is 97.9 Å². The minimum atomic E-state index is 0.501. The summed E-state index contributed by atoms with van der Waals surface area (Å²) >= 11 is 0. The first kappa shape index (κ1) is 16.8. The van der Waals surface area contributed by atoms with Crippen molar-refractivity contribution in [1.82, 2.24) is 0 Å². The van der Waals surface area contributed by atoms with Crippen molar-refractivity contribution >= 4 is 0 Å². The second kappa shape index (κ2) is 6.46. The van der Waals surface area contributed by atoms with Crippen molar-refractivity contribution in [2.75, 3.05) is 0 Å². The number of hydrogen-bond acceptors (Lipinski definition) is 0. The van der Waals surface area contributed by atoms with Gasteiger partial charge in [-0.15, -0.1) is 0 Å². The Bertz CT molecular complexity index is 1180. The molecule has 1 atom stereocenters. The van der Waals surface area contributed by atoms with Crippen LogP contribution in [0.4, 0.5) is 0 Å². The molecule has 2 aliphatic carbocycles. The fourth-order valence-corrected chi connectivity index (χ4v) is 5.76. The highest BCUT2D eigenvalue weighted by Gasteiger charge is 2.32. The minimum absolute atomic E-state index is 0.501. The number of hydrogen-bond donors (Lipinski definition) is 0. The Kier molecular flexibility index (Phi) is 3.74. The molecule has 0 N–H and O–H groups in total. The lowest BCUT2D eigenvalue weighted by Crippen LogP contribution is -2.03. The van der Waals surface area contributed by atoms with Gasteiger partial charge in [-0.1, -0.05) is 91.0 Å². The molecule has 0 bridgehead atoms. The summed E-state index contributed by atoms with van der Waals surface area (Å²) in [7, 11) is 0. The molecule has 0 radical (unpaired) electrons. The SMILES string of the molecule is Cc1cccc2c1-c1ccccc1C2CCC1c2ccccc2-c2ccccc21. The summed E-state index contributed by atoms with van der Waals surface area (Å²) in [5.41, 5.74) is 13.2. The van der Waals surface area contributed by atoms with Crippen molar-refractivity contribution in [3.63, 3.8) is 0 Å². The van der Waals surface area contributed by atoms with Crippen LogP contribution in [0, 0.1) is 6.92 Å². The third-order valence-electron chi connectivity index (χ3n) is 6.99. The van der Waals surface area contributed by atoms with Gasteiger partial charge in [-0.05, 0) is 69.8 Å². The zero-order valence-electron chi connectivity index (χ0n) is 16.7. The Morgan fingerprint density at radius 2 is 0.931 bits per heavy atom. The fourth-order valence-electron chi connectivity index (χ4n) is 5.76. The van der Waals surface area contributed by atoms with Gasteiger partial charge in [-0.3, -0.25) is 0 Å². The lowest BCUT2D eigenvalue weighted by Gasteiger charge is -2.19. The van der Waals surface area contributed by atoms with Crippen LogP contribution in [0.1, 0.15) is 52.5 Å². The summed E-state index contributed by atoms with van der Waals surface area (Å²) in [5, 5.41) is 0. The summed E-state index contributed by atoms with van der Waals surface area (Å²) in [5.74, 6) is 1.00. The second-order valence-corrected chi connectivity index (χ2v) is 8.48. The molecule has 0 saturated carbocycles. The molecule has 0 saturated heterocycles. The van der Waals surface area contributed by atoms with E-state index in [1.54, 1.807) is 0 Å². The molecule has 2 aliphatic rings. The smallest absolute Gasteiger partial charge is 0.0102 e. The van der Waals surface area contributed by atoms with Gasteiger partial charge in [0.1, 0.15) is 0 Å². The maximum Gasteiger partial charge on any atom is 0.0102 e. The number of rotatable bonds is 3. The van der Waals surface area contributed by atoms with Crippen molar-refractivity contribution in [2.45, 2.75) is 31.6 Å². The van der Waals surface area contributed by atoms with Crippen molar-refractivity contribution in [3.05, 3.63) is 119 Å². The number of benzene rings is 4. The Morgan fingerprint density at radius 1 is 0.483 bits per heavy atom. The van der Waals surface area contributed by atoms with E-state index < -0.39 is 0 Å². The van der Waals surface area contributed by atoms with Crippen LogP contribution in [0.5, 0.6) is 0 Å². The summed E-state index contributed by atoms with van der Waals surface area (Å²) in [6.45, 7) is 2.25. The molecular weight excluding hydrogens is 348 g/mol. The van der Waals surface area contributed by atoms with E-state index in [1.165, 1.54) is 62.9 Å². The fraction of sp³-hybridized carbons (Fsp3) is 0.172. The Labute approximate surface area is 172 Å². The maximum absolute atomic E-state index is 2.35. The van der Waals surface area contributed by atoms with Crippen LogP contribution in [0.2, 0.25) is 0 Å². The summed E-state index contributed by atoms with van der Waals surface area (Å²) in [4.78, 5) is 0. The van der Waals surface area contributed by atoms with Crippen molar-refractivity contribution in [1.29, 1.82) is 0 Å². The summed E-state index contributed by atoms with van der Waals surface area (Å²) in [6, 6.07) is 33.8. The molecule has 0 heterocycles. The molecule has 0 aliphatic heterocycles. The molecule has 0 amide bonds. The lowest BCUT2D eigenvalue weighted by molar-refractivity contribution is 0.626. The third kappa shape index (κ3) is 2.45. The standard InChI is InChI=1S/C29H24/c1-19-9-8-16-28-26(24-14-6-7-15-27(24)29(19)28)18-17-25-22-12-4-2-10-20(22)21-11-3-5-13-23(21)25/h2-16,25-26H,17-18H2,1H3. The van der Waals surface area contributed by atoms with Gasteiger partial charge in [0.15, 0.2) is 0 Å².